The third kappa shape index (κ3) is 6.96. The number of hydrogen-bond acceptors (Lipinski definition) is 12. The zero-order valence-corrected chi connectivity index (χ0v) is 22.5. The van der Waals surface area contributed by atoms with E-state index < -0.39 is 40.3 Å². The standard InChI is InChI=1S/C25H25N5O7S2/c1-3-28-21(32)19(26)20(39-25-30-14-9-5-7-11-16(14)36-25)23(34)37-22(33)17(12-18(31)27-2)38-24-29-13-8-4-6-10-15(13)35-24/h4-11,17,19-20H,3,12,26H2,1-2H3,(H,27,31)(H,28,32). The predicted octanol–water partition coefficient (Wildman–Crippen LogP) is 2.26. The van der Waals surface area contributed by atoms with Crippen LogP contribution in [0.15, 0.2) is 67.8 Å². The number of carbonyl (C=O) groups excluding carboxylic acids is 4. The Morgan fingerprint density at radius 1 is 0.923 bits per heavy atom. The highest BCUT2D eigenvalue weighted by Gasteiger charge is 2.38. The number of ether oxygens (including phenoxy) is 1. The van der Waals surface area contributed by atoms with Crippen LogP contribution in [0.3, 0.4) is 0 Å². The van der Waals surface area contributed by atoms with Crippen molar-refractivity contribution in [2.75, 3.05) is 13.6 Å². The summed E-state index contributed by atoms with van der Waals surface area (Å²) in [6.45, 7) is 1.97. The highest BCUT2D eigenvalue weighted by molar-refractivity contribution is 8.00. The number of amides is 2. The number of fused-ring (bicyclic) bond motifs is 2. The van der Waals surface area contributed by atoms with Gasteiger partial charge in [0.25, 0.3) is 10.4 Å². The zero-order chi connectivity index (χ0) is 27.9. The van der Waals surface area contributed by atoms with Gasteiger partial charge in [0.2, 0.25) is 11.8 Å². The minimum atomic E-state index is -1.40. The van der Waals surface area contributed by atoms with E-state index in [0.29, 0.717) is 22.2 Å². The van der Waals surface area contributed by atoms with Crippen molar-refractivity contribution in [1.82, 2.24) is 20.6 Å². The van der Waals surface area contributed by atoms with Gasteiger partial charge < -0.3 is 29.9 Å². The van der Waals surface area contributed by atoms with E-state index in [4.69, 9.17) is 19.3 Å². The molecule has 2 heterocycles. The summed E-state index contributed by atoms with van der Waals surface area (Å²) in [6.07, 6.45) is -0.322. The van der Waals surface area contributed by atoms with Crippen molar-refractivity contribution >= 4 is 69.5 Å². The van der Waals surface area contributed by atoms with Gasteiger partial charge in [0.1, 0.15) is 27.6 Å². The average Bonchev–Trinajstić information content (AvgIpc) is 3.53. The summed E-state index contributed by atoms with van der Waals surface area (Å²) < 4.78 is 16.5. The largest absolute Gasteiger partial charge is 0.431 e. The van der Waals surface area contributed by atoms with E-state index in [9.17, 15) is 19.2 Å². The fraction of sp³-hybridized carbons (Fsp3) is 0.280. The van der Waals surface area contributed by atoms with E-state index in [2.05, 4.69) is 20.6 Å². The molecular formula is C25H25N5O7S2. The molecule has 3 unspecified atom stereocenters. The summed E-state index contributed by atoms with van der Waals surface area (Å²) in [5.74, 6) is -3.21. The number of rotatable bonds is 11. The molecule has 12 nitrogen and oxygen atoms in total. The molecule has 2 aromatic carbocycles. The highest BCUT2D eigenvalue weighted by Crippen LogP contribution is 2.31. The smallest absolute Gasteiger partial charge is 0.329 e. The first kappa shape index (κ1) is 28.1. The second-order valence-electron chi connectivity index (χ2n) is 8.08. The van der Waals surface area contributed by atoms with Gasteiger partial charge in [-0.1, -0.05) is 36.0 Å². The van der Waals surface area contributed by atoms with E-state index in [-0.39, 0.29) is 23.4 Å². The van der Waals surface area contributed by atoms with Crippen LogP contribution < -0.4 is 16.4 Å². The fourth-order valence-electron chi connectivity index (χ4n) is 3.40. The number of likely N-dealkylation sites (N-methyl/N-ethyl adjacent to an activating group) is 1. The number of nitrogens with zero attached hydrogens (tertiary/aromatic N) is 2. The number of esters is 2. The van der Waals surface area contributed by atoms with E-state index in [0.717, 1.165) is 23.5 Å². The van der Waals surface area contributed by atoms with Crippen molar-refractivity contribution in [2.24, 2.45) is 5.73 Å². The minimum absolute atomic E-state index is 0.0631. The highest BCUT2D eigenvalue weighted by atomic mass is 32.2. The quantitative estimate of drug-likeness (QED) is 0.136. The molecule has 2 amide bonds. The van der Waals surface area contributed by atoms with Crippen LogP contribution >= 0.6 is 23.5 Å². The van der Waals surface area contributed by atoms with Gasteiger partial charge in [0.05, 0.1) is 0 Å². The first-order valence-electron chi connectivity index (χ1n) is 11.8. The van der Waals surface area contributed by atoms with Gasteiger partial charge in [-0.3, -0.25) is 19.2 Å². The van der Waals surface area contributed by atoms with Crippen molar-refractivity contribution < 1.29 is 32.7 Å². The zero-order valence-electron chi connectivity index (χ0n) is 20.9. The van der Waals surface area contributed by atoms with Crippen LogP contribution in [0.1, 0.15) is 13.3 Å². The number of benzene rings is 2. The van der Waals surface area contributed by atoms with Crippen LogP contribution in [0.5, 0.6) is 0 Å². The van der Waals surface area contributed by atoms with E-state index in [1.807, 2.05) is 0 Å². The maximum Gasteiger partial charge on any atom is 0.329 e. The average molecular weight is 572 g/mol. The molecule has 4 aromatic rings. The second-order valence-corrected chi connectivity index (χ2v) is 10.3. The molecule has 0 fully saturated rings. The van der Waals surface area contributed by atoms with Crippen LogP contribution in [0, 0.1) is 0 Å². The summed E-state index contributed by atoms with van der Waals surface area (Å²) in [5, 5.41) is 2.60. The monoisotopic (exact) mass is 571 g/mol. The van der Waals surface area contributed by atoms with Crippen molar-refractivity contribution in [1.29, 1.82) is 0 Å². The third-order valence-electron chi connectivity index (χ3n) is 5.35. The number of oxazole rings is 2. The summed E-state index contributed by atoms with van der Waals surface area (Å²) >= 11 is 1.59. The lowest BCUT2D eigenvalue weighted by atomic mass is 10.2. The van der Waals surface area contributed by atoms with Crippen molar-refractivity contribution in [3.05, 3.63) is 48.5 Å². The molecule has 0 aliphatic rings. The summed E-state index contributed by atoms with van der Waals surface area (Å²) in [6, 6.07) is 12.5. The molecule has 0 radical (unpaired) electrons. The normalized spacial score (nSPS) is 13.5. The van der Waals surface area contributed by atoms with Gasteiger partial charge in [0.15, 0.2) is 11.2 Å². The summed E-state index contributed by atoms with van der Waals surface area (Å²) in [5.41, 5.74) is 8.16. The predicted molar refractivity (Wildman–Crippen MR) is 144 cm³/mol. The molecule has 4 rings (SSSR count). The Bertz CT molecular complexity index is 1440. The fourth-order valence-corrected chi connectivity index (χ4v) is 5.23. The molecule has 0 aliphatic carbocycles. The Kier molecular flexibility index (Phi) is 9.22. The van der Waals surface area contributed by atoms with Gasteiger partial charge in [-0.15, -0.1) is 0 Å². The van der Waals surface area contributed by atoms with Crippen LogP contribution in [-0.2, 0) is 23.9 Å². The van der Waals surface area contributed by atoms with E-state index >= 15 is 0 Å². The number of nitrogens with two attached hydrogens (primary N) is 1. The number of carbonyl (C=O) groups is 4. The molecule has 0 aliphatic heterocycles. The van der Waals surface area contributed by atoms with Crippen LogP contribution in [-0.4, -0.2) is 63.9 Å². The number of hydrogen-bond donors (Lipinski definition) is 3. The maximum atomic E-state index is 13.2. The van der Waals surface area contributed by atoms with E-state index in [1.54, 1.807) is 55.5 Å². The maximum absolute atomic E-state index is 13.2. The van der Waals surface area contributed by atoms with Crippen LogP contribution in [0.4, 0.5) is 0 Å². The lowest BCUT2D eigenvalue weighted by molar-refractivity contribution is -0.160. The molecule has 0 saturated carbocycles. The third-order valence-corrected chi connectivity index (χ3v) is 7.48. The molecule has 3 atom stereocenters. The Balaban J connectivity index is 1.55. The van der Waals surface area contributed by atoms with Crippen LogP contribution in [0.2, 0.25) is 0 Å². The number of para-hydroxylation sites is 4. The van der Waals surface area contributed by atoms with Crippen LogP contribution in [0.25, 0.3) is 22.2 Å². The molecule has 0 spiro atoms. The number of nitrogens with one attached hydrogen (secondary N) is 2. The molecule has 2 aromatic heterocycles. The topological polar surface area (TPSA) is 180 Å². The lowest BCUT2D eigenvalue weighted by Gasteiger charge is -2.20. The molecule has 0 saturated heterocycles. The van der Waals surface area contributed by atoms with E-state index in [1.165, 1.54) is 7.05 Å². The Morgan fingerprint density at radius 2 is 1.49 bits per heavy atom. The Hall–Kier alpha value is -3.88. The van der Waals surface area contributed by atoms with Gasteiger partial charge in [-0.25, -0.2) is 9.97 Å². The van der Waals surface area contributed by atoms with Gasteiger partial charge in [0, 0.05) is 20.0 Å². The minimum Gasteiger partial charge on any atom is -0.431 e. The van der Waals surface area contributed by atoms with Gasteiger partial charge >= 0.3 is 11.9 Å². The lowest BCUT2D eigenvalue weighted by Crippen LogP contribution is -2.51. The molecule has 0 bridgehead atoms. The molecule has 14 heteroatoms. The summed E-state index contributed by atoms with van der Waals surface area (Å²) in [4.78, 5) is 59.6. The Morgan fingerprint density at radius 3 is 2.03 bits per heavy atom. The van der Waals surface area contributed by atoms with Crippen molar-refractivity contribution in [3.63, 3.8) is 0 Å². The second kappa shape index (κ2) is 12.8. The molecule has 4 N–H and O–H groups in total. The van der Waals surface area contributed by atoms with Crippen molar-refractivity contribution in [3.8, 4) is 0 Å². The molecule has 204 valence electrons. The van der Waals surface area contributed by atoms with Crippen molar-refractivity contribution in [2.45, 2.75) is 40.3 Å². The first-order chi connectivity index (χ1) is 18.8. The summed E-state index contributed by atoms with van der Waals surface area (Å²) in [7, 11) is 1.42. The molecular weight excluding hydrogens is 546 g/mol. The first-order valence-corrected chi connectivity index (χ1v) is 13.6. The Labute approximate surface area is 230 Å². The SMILES string of the molecule is CCNC(=O)C(N)C(Sc1nc2ccccc2o1)C(=O)OC(=O)C(CC(=O)NC)Sc1nc2ccccc2o1. The number of thioether (sulfide) groups is 2. The molecule has 39 heavy (non-hydrogen) atoms. The van der Waals surface area contributed by atoms with Gasteiger partial charge in [-0.2, -0.15) is 0 Å². The number of aromatic nitrogens is 2. The van der Waals surface area contributed by atoms with Gasteiger partial charge in [-0.05, 0) is 43.0 Å².